The Kier molecular flexibility index (Phi) is 3.06. The van der Waals surface area contributed by atoms with Crippen LogP contribution in [0.3, 0.4) is 0 Å². The van der Waals surface area contributed by atoms with Crippen molar-refractivity contribution >= 4 is 0 Å². The second-order valence-electron chi connectivity index (χ2n) is 4.59. The highest BCUT2D eigenvalue weighted by atomic mass is 19.1. The first kappa shape index (κ1) is 11.3. The van der Waals surface area contributed by atoms with Gasteiger partial charge in [-0.25, -0.2) is 4.39 Å². The van der Waals surface area contributed by atoms with Crippen molar-refractivity contribution in [3.8, 4) is 0 Å². The van der Waals surface area contributed by atoms with Crippen molar-refractivity contribution in [3.05, 3.63) is 47.8 Å². The van der Waals surface area contributed by atoms with E-state index in [1.165, 1.54) is 12.1 Å². The number of nitrogens with zero attached hydrogens (tertiary/aromatic N) is 4. The third-order valence-corrected chi connectivity index (χ3v) is 3.32. The summed E-state index contributed by atoms with van der Waals surface area (Å²) < 4.78 is 14.9. The Balaban J connectivity index is 1.65. The Morgan fingerprint density at radius 3 is 2.78 bits per heavy atom. The molecule has 0 saturated heterocycles. The fraction of sp³-hybridized carbons (Fsp3) is 0.385. The Bertz CT molecular complexity index is 498. The van der Waals surface area contributed by atoms with Crippen molar-refractivity contribution < 1.29 is 4.39 Å². The van der Waals surface area contributed by atoms with Crippen LogP contribution in [0, 0.1) is 5.82 Å². The number of halogens is 1. The first-order valence-corrected chi connectivity index (χ1v) is 6.15. The Morgan fingerprint density at radius 1 is 1.11 bits per heavy atom. The van der Waals surface area contributed by atoms with E-state index in [4.69, 9.17) is 0 Å². The summed E-state index contributed by atoms with van der Waals surface area (Å²) in [5.41, 5.74) is 1.15. The number of benzene rings is 1. The van der Waals surface area contributed by atoms with Crippen molar-refractivity contribution in [1.29, 1.82) is 0 Å². The van der Waals surface area contributed by atoms with E-state index in [9.17, 15) is 4.39 Å². The average Bonchev–Trinajstić information content (AvgIpc) is 2.75. The zero-order chi connectivity index (χ0) is 12.4. The SMILES string of the molecule is Fc1ccc(CN2CCc3nncn3CC2)cc1. The van der Waals surface area contributed by atoms with Gasteiger partial charge in [0.15, 0.2) is 0 Å². The summed E-state index contributed by atoms with van der Waals surface area (Å²) in [5, 5.41) is 8.02. The third-order valence-electron chi connectivity index (χ3n) is 3.32. The van der Waals surface area contributed by atoms with Crippen LogP contribution in [0.2, 0.25) is 0 Å². The molecular formula is C13H15FN4. The quantitative estimate of drug-likeness (QED) is 0.804. The second kappa shape index (κ2) is 4.86. The van der Waals surface area contributed by atoms with Crippen molar-refractivity contribution in [1.82, 2.24) is 19.7 Å². The number of rotatable bonds is 2. The fourth-order valence-corrected chi connectivity index (χ4v) is 2.28. The van der Waals surface area contributed by atoms with E-state index in [1.54, 1.807) is 6.33 Å². The lowest BCUT2D eigenvalue weighted by Crippen LogP contribution is -2.26. The summed E-state index contributed by atoms with van der Waals surface area (Å²) in [7, 11) is 0. The molecule has 3 rings (SSSR count). The van der Waals surface area contributed by atoms with Gasteiger partial charge < -0.3 is 4.57 Å². The lowest BCUT2D eigenvalue weighted by Gasteiger charge is -2.19. The van der Waals surface area contributed by atoms with Gasteiger partial charge in [-0.05, 0) is 17.7 Å². The Labute approximate surface area is 105 Å². The molecule has 94 valence electrons. The molecule has 0 spiro atoms. The summed E-state index contributed by atoms with van der Waals surface area (Å²) in [6.07, 6.45) is 2.71. The highest BCUT2D eigenvalue weighted by molar-refractivity contribution is 5.16. The standard InChI is InChI=1S/C13H15FN4/c14-12-3-1-11(2-4-12)9-17-6-5-13-16-15-10-18(13)8-7-17/h1-4,10H,5-9H2. The first-order valence-electron chi connectivity index (χ1n) is 6.15. The zero-order valence-electron chi connectivity index (χ0n) is 10.1. The fourth-order valence-electron chi connectivity index (χ4n) is 2.28. The third kappa shape index (κ3) is 2.41. The van der Waals surface area contributed by atoms with Crippen molar-refractivity contribution in [2.24, 2.45) is 0 Å². The molecule has 5 heteroatoms. The van der Waals surface area contributed by atoms with Gasteiger partial charge in [-0.15, -0.1) is 10.2 Å². The van der Waals surface area contributed by atoms with Crippen molar-refractivity contribution in [2.45, 2.75) is 19.5 Å². The van der Waals surface area contributed by atoms with Crippen LogP contribution in [0.4, 0.5) is 4.39 Å². The molecule has 0 saturated carbocycles. The van der Waals surface area contributed by atoms with Gasteiger partial charge in [0, 0.05) is 32.6 Å². The summed E-state index contributed by atoms with van der Waals surface area (Å²) in [6.45, 7) is 3.72. The lowest BCUT2D eigenvalue weighted by molar-refractivity contribution is 0.271. The molecule has 1 aliphatic heterocycles. The van der Waals surface area contributed by atoms with Gasteiger partial charge in [0.25, 0.3) is 0 Å². The molecule has 0 aliphatic carbocycles. The van der Waals surface area contributed by atoms with Gasteiger partial charge in [-0.1, -0.05) is 12.1 Å². The lowest BCUT2D eigenvalue weighted by atomic mass is 10.2. The number of fused-ring (bicyclic) bond motifs is 1. The molecule has 0 fully saturated rings. The van der Waals surface area contributed by atoms with E-state index in [-0.39, 0.29) is 5.82 Å². The molecule has 1 aliphatic rings. The monoisotopic (exact) mass is 246 g/mol. The van der Waals surface area contributed by atoms with E-state index in [1.807, 2.05) is 12.1 Å². The maximum atomic E-state index is 12.8. The zero-order valence-corrected chi connectivity index (χ0v) is 10.1. The van der Waals surface area contributed by atoms with Gasteiger partial charge >= 0.3 is 0 Å². The van der Waals surface area contributed by atoms with E-state index in [0.29, 0.717) is 0 Å². The number of hydrogen-bond acceptors (Lipinski definition) is 3. The minimum Gasteiger partial charge on any atom is -0.316 e. The largest absolute Gasteiger partial charge is 0.316 e. The van der Waals surface area contributed by atoms with Gasteiger partial charge in [0.2, 0.25) is 0 Å². The highest BCUT2D eigenvalue weighted by Crippen LogP contribution is 2.10. The molecule has 0 unspecified atom stereocenters. The highest BCUT2D eigenvalue weighted by Gasteiger charge is 2.14. The number of hydrogen-bond donors (Lipinski definition) is 0. The van der Waals surface area contributed by atoms with Gasteiger partial charge in [-0.2, -0.15) is 0 Å². The van der Waals surface area contributed by atoms with Gasteiger partial charge in [0.1, 0.15) is 18.0 Å². The van der Waals surface area contributed by atoms with Gasteiger partial charge in [-0.3, -0.25) is 4.90 Å². The molecule has 0 N–H and O–H groups in total. The minimum absolute atomic E-state index is 0.180. The molecule has 1 aromatic heterocycles. The smallest absolute Gasteiger partial charge is 0.134 e. The Hall–Kier alpha value is -1.75. The van der Waals surface area contributed by atoms with E-state index in [0.717, 1.165) is 44.0 Å². The molecule has 2 aromatic rings. The summed E-state index contributed by atoms with van der Waals surface area (Å²) in [5.74, 6) is 0.873. The molecule has 18 heavy (non-hydrogen) atoms. The molecule has 4 nitrogen and oxygen atoms in total. The predicted molar refractivity (Wildman–Crippen MR) is 65.4 cm³/mol. The maximum absolute atomic E-state index is 12.8. The maximum Gasteiger partial charge on any atom is 0.134 e. The molecule has 0 atom stereocenters. The van der Waals surface area contributed by atoms with Crippen LogP contribution in [0.15, 0.2) is 30.6 Å². The molecular weight excluding hydrogens is 231 g/mol. The molecule has 0 bridgehead atoms. The summed E-state index contributed by atoms with van der Waals surface area (Å²) >= 11 is 0. The van der Waals surface area contributed by atoms with E-state index < -0.39 is 0 Å². The van der Waals surface area contributed by atoms with Crippen LogP contribution in [-0.4, -0.2) is 32.8 Å². The predicted octanol–water partition coefficient (Wildman–Crippen LogP) is 1.48. The molecule has 2 heterocycles. The van der Waals surface area contributed by atoms with Crippen LogP contribution in [-0.2, 0) is 19.5 Å². The van der Waals surface area contributed by atoms with Crippen LogP contribution in [0.5, 0.6) is 0 Å². The summed E-state index contributed by atoms with van der Waals surface area (Å²) in [6, 6.07) is 6.73. The Morgan fingerprint density at radius 2 is 1.94 bits per heavy atom. The normalized spacial score (nSPS) is 16.3. The minimum atomic E-state index is -0.180. The first-order chi connectivity index (χ1) is 8.81. The van der Waals surface area contributed by atoms with Crippen LogP contribution >= 0.6 is 0 Å². The molecule has 0 radical (unpaired) electrons. The van der Waals surface area contributed by atoms with Crippen molar-refractivity contribution in [2.75, 3.05) is 13.1 Å². The second-order valence-corrected chi connectivity index (χ2v) is 4.59. The van der Waals surface area contributed by atoms with Crippen LogP contribution in [0.1, 0.15) is 11.4 Å². The molecule has 1 aromatic carbocycles. The van der Waals surface area contributed by atoms with Crippen LogP contribution in [0.25, 0.3) is 0 Å². The molecule has 0 amide bonds. The topological polar surface area (TPSA) is 34.0 Å². The number of aromatic nitrogens is 3. The van der Waals surface area contributed by atoms with Crippen molar-refractivity contribution in [3.63, 3.8) is 0 Å². The van der Waals surface area contributed by atoms with Crippen LogP contribution < -0.4 is 0 Å². The summed E-state index contributed by atoms with van der Waals surface area (Å²) in [4.78, 5) is 2.36. The van der Waals surface area contributed by atoms with Gasteiger partial charge in [0.05, 0.1) is 0 Å². The van der Waals surface area contributed by atoms with E-state index >= 15 is 0 Å². The average molecular weight is 246 g/mol. The van der Waals surface area contributed by atoms with E-state index in [2.05, 4.69) is 19.7 Å².